The van der Waals surface area contributed by atoms with Crippen LogP contribution in [0.3, 0.4) is 0 Å². The van der Waals surface area contributed by atoms with Crippen LogP contribution in [-0.4, -0.2) is 62.6 Å². The second-order valence-corrected chi connectivity index (χ2v) is 8.63. The number of aliphatic hydroxyl groups excluding tert-OH is 2. The molecule has 0 aromatic heterocycles. The first-order valence-corrected chi connectivity index (χ1v) is 12.7. The third-order valence-corrected chi connectivity index (χ3v) is 5.53. The average Bonchev–Trinajstić information content (AvgIpc) is 2.76. The molecule has 2 unspecified atom stereocenters. The average molecular weight is 433 g/mol. The molecule has 2 atom stereocenters. The van der Waals surface area contributed by atoms with E-state index in [1.165, 1.54) is 96.3 Å². The van der Waals surface area contributed by atoms with Crippen LogP contribution in [0.25, 0.3) is 0 Å². The topological polar surface area (TPSA) is 68.2 Å². The Morgan fingerprint density at radius 3 is 1.53 bits per heavy atom. The van der Waals surface area contributed by atoms with Crippen LogP contribution < -0.4 is 0 Å². The lowest BCUT2D eigenvalue weighted by Gasteiger charge is -2.18. The van der Waals surface area contributed by atoms with Gasteiger partial charge >= 0.3 is 0 Å². The maximum absolute atomic E-state index is 9.35. The van der Waals surface area contributed by atoms with Gasteiger partial charge in [0.2, 0.25) is 0 Å². The highest BCUT2D eigenvalue weighted by Crippen LogP contribution is 2.13. The van der Waals surface area contributed by atoms with Gasteiger partial charge in [-0.05, 0) is 6.42 Å². The largest absolute Gasteiger partial charge is 0.394 e. The molecule has 0 rings (SSSR count). The summed E-state index contributed by atoms with van der Waals surface area (Å²) in [5.74, 6) is 0. The Hall–Kier alpha value is -0.200. The molecule has 0 aromatic rings. The minimum Gasteiger partial charge on any atom is -0.394 e. The van der Waals surface area contributed by atoms with Gasteiger partial charge in [0.25, 0.3) is 0 Å². The predicted octanol–water partition coefficient (Wildman–Crippen LogP) is 5.65. The summed E-state index contributed by atoms with van der Waals surface area (Å²) in [5.41, 5.74) is 0. The molecule has 0 fully saturated rings. The summed E-state index contributed by atoms with van der Waals surface area (Å²) in [6.45, 7) is 3.72. The first-order valence-electron chi connectivity index (χ1n) is 12.7. The summed E-state index contributed by atoms with van der Waals surface area (Å²) < 4.78 is 16.3. The molecular weight excluding hydrogens is 380 g/mol. The van der Waals surface area contributed by atoms with Gasteiger partial charge in [-0.15, -0.1) is 0 Å². The lowest BCUT2D eigenvalue weighted by molar-refractivity contribution is -0.0822. The fraction of sp³-hybridized carbons (Fsp3) is 1.00. The molecule has 0 spiro atoms. The Kier molecular flexibility index (Phi) is 24.9. The number of ether oxygens (including phenoxy) is 3. The first-order chi connectivity index (χ1) is 14.7. The van der Waals surface area contributed by atoms with Crippen molar-refractivity contribution >= 4 is 0 Å². The first kappa shape index (κ1) is 29.8. The molecule has 0 aromatic carbocycles. The Bertz CT molecular complexity index is 314. The molecule has 30 heavy (non-hydrogen) atoms. The number of methoxy groups -OCH3 is 1. The van der Waals surface area contributed by atoms with Crippen LogP contribution in [0, 0.1) is 0 Å². The van der Waals surface area contributed by atoms with E-state index >= 15 is 0 Å². The fourth-order valence-electron chi connectivity index (χ4n) is 3.60. The fourth-order valence-corrected chi connectivity index (χ4v) is 3.60. The molecule has 5 nitrogen and oxygen atoms in total. The Morgan fingerprint density at radius 2 is 1.10 bits per heavy atom. The lowest BCUT2D eigenvalue weighted by atomic mass is 10.0. The summed E-state index contributed by atoms with van der Waals surface area (Å²) in [4.78, 5) is 0. The van der Waals surface area contributed by atoms with E-state index in [0.717, 1.165) is 13.0 Å². The second-order valence-electron chi connectivity index (χ2n) is 8.63. The molecule has 0 heterocycles. The highest BCUT2D eigenvalue weighted by Gasteiger charge is 2.12. The van der Waals surface area contributed by atoms with E-state index in [0.29, 0.717) is 13.2 Å². The van der Waals surface area contributed by atoms with Gasteiger partial charge in [0.1, 0.15) is 12.2 Å². The van der Waals surface area contributed by atoms with E-state index in [4.69, 9.17) is 19.3 Å². The molecule has 182 valence electrons. The molecule has 0 aliphatic carbocycles. The van der Waals surface area contributed by atoms with E-state index < -0.39 is 6.10 Å². The predicted molar refractivity (Wildman–Crippen MR) is 125 cm³/mol. The standard InChI is InChI=1S/C25H52O5/c1-3-4-5-6-7-8-9-10-11-12-13-14-15-16-17-18-19-29-23-25(22-28-2)30-21-24(27)20-26/h24-27H,3-23H2,1-2H3. The van der Waals surface area contributed by atoms with Crippen molar-refractivity contribution in [2.24, 2.45) is 0 Å². The molecule has 5 heteroatoms. The van der Waals surface area contributed by atoms with E-state index in [1.807, 2.05) is 0 Å². The van der Waals surface area contributed by atoms with Crippen molar-refractivity contribution in [1.29, 1.82) is 0 Å². The molecule has 0 saturated carbocycles. The van der Waals surface area contributed by atoms with Crippen molar-refractivity contribution in [3.8, 4) is 0 Å². The number of aliphatic hydroxyl groups is 2. The van der Waals surface area contributed by atoms with Crippen LogP contribution in [0.4, 0.5) is 0 Å². The van der Waals surface area contributed by atoms with Crippen LogP contribution in [0.15, 0.2) is 0 Å². The molecule has 2 N–H and O–H groups in total. The Balaban J connectivity index is 3.28. The zero-order chi connectivity index (χ0) is 22.1. The quantitative estimate of drug-likeness (QED) is 0.182. The molecule has 0 aliphatic heterocycles. The van der Waals surface area contributed by atoms with Gasteiger partial charge in [0.15, 0.2) is 0 Å². The number of hydrogen-bond acceptors (Lipinski definition) is 5. The lowest BCUT2D eigenvalue weighted by Crippen LogP contribution is -2.30. The van der Waals surface area contributed by atoms with Crippen LogP contribution in [0.2, 0.25) is 0 Å². The van der Waals surface area contributed by atoms with Crippen molar-refractivity contribution < 1.29 is 24.4 Å². The minimum atomic E-state index is -0.843. The zero-order valence-corrected chi connectivity index (χ0v) is 20.1. The van der Waals surface area contributed by atoms with Crippen molar-refractivity contribution in [3.05, 3.63) is 0 Å². The number of rotatable bonds is 25. The molecule has 0 saturated heterocycles. The van der Waals surface area contributed by atoms with Crippen molar-refractivity contribution in [3.63, 3.8) is 0 Å². The Labute approximate surface area is 186 Å². The summed E-state index contributed by atoms with van der Waals surface area (Å²) in [6, 6.07) is 0. The highest BCUT2D eigenvalue weighted by molar-refractivity contribution is 4.58. The minimum absolute atomic E-state index is 0.104. The van der Waals surface area contributed by atoms with Gasteiger partial charge in [0.05, 0.1) is 26.4 Å². The molecule has 0 radical (unpaired) electrons. The van der Waals surface area contributed by atoms with Gasteiger partial charge < -0.3 is 24.4 Å². The summed E-state index contributed by atoms with van der Waals surface area (Å²) >= 11 is 0. The van der Waals surface area contributed by atoms with Crippen molar-refractivity contribution in [2.45, 2.75) is 122 Å². The van der Waals surface area contributed by atoms with Gasteiger partial charge in [-0.3, -0.25) is 0 Å². The van der Waals surface area contributed by atoms with Gasteiger partial charge in [-0.2, -0.15) is 0 Å². The highest BCUT2D eigenvalue weighted by atomic mass is 16.6. The zero-order valence-electron chi connectivity index (χ0n) is 20.1. The molecule has 0 bridgehead atoms. The van der Waals surface area contributed by atoms with Crippen LogP contribution in [0.1, 0.15) is 110 Å². The van der Waals surface area contributed by atoms with Gasteiger partial charge in [0, 0.05) is 13.7 Å². The van der Waals surface area contributed by atoms with Crippen LogP contribution in [0.5, 0.6) is 0 Å². The van der Waals surface area contributed by atoms with Crippen LogP contribution in [-0.2, 0) is 14.2 Å². The van der Waals surface area contributed by atoms with Gasteiger partial charge in [-0.1, -0.05) is 103 Å². The molecule has 0 aliphatic rings. The Morgan fingerprint density at radius 1 is 0.633 bits per heavy atom. The molecular formula is C25H52O5. The summed E-state index contributed by atoms with van der Waals surface area (Å²) in [5, 5.41) is 18.2. The molecule has 0 amide bonds. The maximum Gasteiger partial charge on any atom is 0.104 e. The van der Waals surface area contributed by atoms with E-state index in [1.54, 1.807) is 7.11 Å². The van der Waals surface area contributed by atoms with Crippen molar-refractivity contribution in [2.75, 3.05) is 40.1 Å². The summed E-state index contributed by atoms with van der Waals surface area (Å²) in [7, 11) is 1.62. The maximum atomic E-state index is 9.35. The third kappa shape index (κ3) is 22.5. The van der Waals surface area contributed by atoms with E-state index in [2.05, 4.69) is 6.92 Å². The van der Waals surface area contributed by atoms with E-state index in [-0.39, 0.29) is 19.3 Å². The number of hydrogen-bond donors (Lipinski definition) is 2. The SMILES string of the molecule is CCCCCCCCCCCCCCCCCCOCC(COC)OCC(O)CO. The second kappa shape index (κ2) is 25.1. The van der Waals surface area contributed by atoms with Crippen molar-refractivity contribution in [1.82, 2.24) is 0 Å². The normalized spacial score (nSPS) is 13.6. The van der Waals surface area contributed by atoms with Gasteiger partial charge in [-0.25, -0.2) is 0 Å². The summed E-state index contributed by atoms with van der Waals surface area (Å²) in [6.07, 6.45) is 20.9. The van der Waals surface area contributed by atoms with Crippen LogP contribution >= 0.6 is 0 Å². The third-order valence-electron chi connectivity index (χ3n) is 5.53. The smallest absolute Gasteiger partial charge is 0.104 e. The monoisotopic (exact) mass is 432 g/mol. The number of unbranched alkanes of at least 4 members (excludes halogenated alkanes) is 15. The van der Waals surface area contributed by atoms with E-state index in [9.17, 15) is 5.11 Å².